The lowest BCUT2D eigenvalue weighted by atomic mass is 10.1. The topological polar surface area (TPSA) is 21.3 Å². The molecule has 0 spiro atoms. The van der Waals surface area contributed by atoms with Gasteiger partial charge in [-0.15, -0.1) is 0 Å². The molecule has 2 rings (SSSR count). The number of nitrogens with one attached hydrogen (secondary N) is 1. The Balaban J connectivity index is 1.84. The van der Waals surface area contributed by atoms with E-state index >= 15 is 0 Å². The third-order valence-corrected chi connectivity index (χ3v) is 5.12. The quantitative estimate of drug-likeness (QED) is 0.861. The van der Waals surface area contributed by atoms with Gasteiger partial charge in [-0.2, -0.15) is 11.8 Å². The predicted octanol–water partition coefficient (Wildman–Crippen LogP) is 3.50. The number of ether oxygens (including phenoxy) is 1. The van der Waals surface area contributed by atoms with E-state index in [1.807, 2.05) is 23.9 Å². The van der Waals surface area contributed by atoms with E-state index in [0.29, 0.717) is 12.1 Å². The van der Waals surface area contributed by atoms with Crippen molar-refractivity contribution in [2.24, 2.45) is 0 Å². The molecule has 1 fully saturated rings. The van der Waals surface area contributed by atoms with Crippen molar-refractivity contribution >= 4 is 11.8 Å². The Hall–Kier alpha value is -0.670. The van der Waals surface area contributed by atoms with E-state index in [2.05, 4.69) is 30.6 Å². The zero-order chi connectivity index (χ0) is 13.7. The maximum Gasteiger partial charge on any atom is 0.118 e. The average molecular weight is 279 g/mol. The molecule has 106 valence electrons. The van der Waals surface area contributed by atoms with Crippen molar-refractivity contribution in [1.82, 2.24) is 5.32 Å². The first-order chi connectivity index (χ1) is 9.22. The highest BCUT2D eigenvalue weighted by molar-refractivity contribution is 7.99. The number of methoxy groups -OCH3 is 1. The second kappa shape index (κ2) is 7.20. The lowest BCUT2D eigenvalue weighted by Gasteiger charge is -2.24. The Labute approximate surface area is 121 Å². The molecule has 1 aromatic carbocycles. The van der Waals surface area contributed by atoms with Crippen molar-refractivity contribution in [3.05, 3.63) is 29.8 Å². The second-order valence-electron chi connectivity index (χ2n) is 5.43. The normalized spacial score (nSPS) is 24.4. The fourth-order valence-corrected chi connectivity index (χ4v) is 3.88. The highest BCUT2D eigenvalue weighted by atomic mass is 32.2. The number of rotatable bonds is 6. The zero-order valence-electron chi connectivity index (χ0n) is 12.2. The first kappa shape index (κ1) is 14.7. The van der Waals surface area contributed by atoms with Gasteiger partial charge in [0.1, 0.15) is 5.75 Å². The smallest absolute Gasteiger partial charge is 0.118 e. The first-order valence-corrected chi connectivity index (χ1v) is 8.43. The molecule has 1 aromatic rings. The third kappa shape index (κ3) is 4.15. The van der Waals surface area contributed by atoms with Gasteiger partial charge in [0.25, 0.3) is 0 Å². The maximum atomic E-state index is 5.19. The molecule has 19 heavy (non-hydrogen) atoms. The molecule has 1 aliphatic carbocycles. The van der Waals surface area contributed by atoms with E-state index in [4.69, 9.17) is 4.74 Å². The summed E-state index contributed by atoms with van der Waals surface area (Å²) in [6.07, 6.45) is 7.39. The fourth-order valence-electron chi connectivity index (χ4n) is 2.94. The number of hydrogen-bond donors (Lipinski definition) is 1. The van der Waals surface area contributed by atoms with Gasteiger partial charge >= 0.3 is 0 Å². The highest BCUT2D eigenvalue weighted by Gasteiger charge is 2.27. The molecule has 3 atom stereocenters. The van der Waals surface area contributed by atoms with Crippen LogP contribution in [0.1, 0.15) is 31.7 Å². The third-order valence-electron chi connectivity index (χ3n) is 3.95. The summed E-state index contributed by atoms with van der Waals surface area (Å²) in [4.78, 5) is 0. The van der Waals surface area contributed by atoms with Crippen LogP contribution in [0.25, 0.3) is 0 Å². The van der Waals surface area contributed by atoms with Crippen LogP contribution < -0.4 is 10.1 Å². The van der Waals surface area contributed by atoms with Crippen LogP contribution in [0.15, 0.2) is 24.3 Å². The summed E-state index contributed by atoms with van der Waals surface area (Å²) in [6, 6.07) is 9.65. The summed E-state index contributed by atoms with van der Waals surface area (Å²) in [7, 11) is 1.71. The van der Waals surface area contributed by atoms with E-state index < -0.39 is 0 Å². The van der Waals surface area contributed by atoms with E-state index in [0.717, 1.165) is 17.4 Å². The Morgan fingerprint density at radius 1 is 1.32 bits per heavy atom. The molecule has 3 unspecified atom stereocenters. The lowest BCUT2D eigenvalue weighted by Crippen LogP contribution is -2.41. The predicted molar refractivity (Wildman–Crippen MR) is 84.2 cm³/mol. The molecule has 0 bridgehead atoms. The van der Waals surface area contributed by atoms with Crippen LogP contribution in [0.5, 0.6) is 5.75 Å². The highest BCUT2D eigenvalue weighted by Crippen LogP contribution is 2.28. The van der Waals surface area contributed by atoms with Gasteiger partial charge in [0, 0.05) is 17.3 Å². The molecule has 1 N–H and O–H groups in total. The molecule has 1 aliphatic rings. The van der Waals surface area contributed by atoms with Gasteiger partial charge in [0.2, 0.25) is 0 Å². The van der Waals surface area contributed by atoms with Crippen LogP contribution in [0.4, 0.5) is 0 Å². The minimum atomic E-state index is 0.533. The van der Waals surface area contributed by atoms with Crippen molar-refractivity contribution in [2.45, 2.75) is 49.9 Å². The largest absolute Gasteiger partial charge is 0.497 e. The minimum absolute atomic E-state index is 0.533. The van der Waals surface area contributed by atoms with Crippen LogP contribution in [-0.4, -0.2) is 30.7 Å². The molecule has 3 heteroatoms. The SMILES string of the molecule is COc1ccc(CC(C)NC2CCCC2SC)cc1. The molecule has 0 radical (unpaired) electrons. The van der Waals surface area contributed by atoms with Gasteiger partial charge in [0.15, 0.2) is 0 Å². The van der Waals surface area contributed by atoms with E-state index in [-0.39, 0.29) is 0 Å². The molecule has 2 nitrogen and oxygen atoms in total. The Kier molecular flexibility index (Phi) is 5.59. The van der Waals surface area contributed by atoms with Gasteiger partial charge in [-0.1, -0.05) is 18.6 Å². The molecular formula is C16H25NOS. The zero-order valence-corrected chi connectivity index (χ0v) is 13.0. The van der Waals surface area contributed by atoms with Crippen LogP contribution in [0.2, 0.25) is 0 Å². The Morgan fingerprint density at radius 2 is 2.05 bits per heavy atom. The molecule has 1 saturated carbocycles. The number of thioether (sulfide) groups is 1. The maximum absolute atomic E-state index is 5.19. The van der Waals surface area contributed by atoms with Crippen LogP contribution >= 0.6 is 11.8 Å². The van der Waals surface area contributed by atoms with Crippen LogP contribution in [-0.2, 0) is 6.42 Å². The summed E-state index contributed by atoms with van der Waals surface area (Å²) in [5.41, 5.74) is 1.37. The summed E-state index contributed by atoms with van der Waals surface area (Å²) in [5, 5.41) is 4.61. The summed E-state index contributed by atoms with van der Waals surface area (Å²) < 4.78 is 5.19. The van der Waals surface area contributed by atoms with Gasteiger partial charge in [-0.05, 0) is 50.1 Å². The van der Waals surface area contributed by atoms with Crippen molar-refractivity contribution in [3.63, 3.8) is 0 Å². The van der Waals surface area contributed by atoms with Crippen molar-refractivity contribution in [2.75, 3.05) is 13.4 Å². The van der Waals surface area contributed by atoms with E-state index in [1.165, 1.54) is 24.8 Å². The molecule has 0 heterocycles. The van der Waals surface area contributed by atoms with Crippen molar-refractivity contribution < 1.29 is 4.74 Å². The second-order valence-corrected chi connectivity index (χ2v) is 6.51. The van der Waals surface area contributed by atoms with Gasteiger partial charge in [-0.25, -0.2) is 0 Å². The molecular weight excluding hydrogens is 254 g/mol. The molecule has 0 aromatic heterocycles. The monoisotopic (exact) mass is 279 g/mol. The summed E-state index contributed by atoms with van der Waals surface area (Å²) in [6.45, 7) is 2.29. The molecule has 0 saturated heterocycles. The van der Waals surface area contributed by atoms with Gasteiger partial charge in [0.05, 0.1) is 7.11 Å². The van der Waals surface area contributed by atoms with Crippen molar-refractivity contribution in [3.8, 4) is 5.75 Å². The minimum Gasteiger partial charge on any atom is -0.497 e. The molecule has 0 amide bonds. The van der Waals surface area contributed by atoms with Gasteiger partial charge < -0.3 is 10.1 Å². The average Bonchev–Trinajstić information content (AvgIpc) is 2.86. The first-order valence-electron chi connectivity index (χ1n) is 7.14. The fraction of sp³-hybridized carbons (Fsp3) is 0.625. The van der Waals surface area contributed by atoms with E-state index in [1.54, 1.807) is 7.11 Å². The van der Waals surface area contributed by atoms with Crippen LogP contribution in [0.3, 0.4) is 0 Å². The lowest BCUT2D eigenvalue weighted by molar-refractivity contribution is 0.414. The standard InChI is InChI=1S/C16H25NOS/c1-12(17-15-5-4-6-16(15)19-3)11-13-7-9-14(18-2)10-8-13/h7-10,12,15-17H,4-6,11H2,1-3H3. The summed E-state index contributed by atoms with van der Waals surface area (Å²) in [5.74, 6) is 0.933. The Morgan fingerprint density at radius 3 is 2.68 bits per heavy atom. The molecule has 0 aliphatic heterocycles. The number of hydrogen-bond acceptors (Lipinski definition) is 3. The van der Waals surface area contributed by atoms with Crippen LogP contribution in [0, 0.1) is 0 Å². The van der Waals surface area contributed by atoms with Gasteiger partial charge in [-0.3, -0.25) is 0 Å². The Bertz CT molecular complexity index is 379. The van der Waals surface area contributed by atoms with Crippen molar-refractivity contribution in [1.29, 1.82) is 0 Å². The van der Waals surface area contributed by atoms with E-state index in [9.17, 15) is 0 Å². The number of benzene rings is 1. The summed E-state index contributed by atoms with van der Waals surface area (Å²) >= 11 is 2.01.